The van der Waals surface area contributed by atoms with E-state index in [0.29, 0.717) is 75.9 Å². The maximum atomic E-state index is 13.6. The summed E-state index contributed by atoms with van der Waals surface area (Å²) in [5.74, 6) is -0.00325. The highest BCUT2D eigenvalue weighted by atomic mass is 35.5. The van der Waals surface area contributed by atoms with E-state index in [4.69, 9.17) is 21.1 Å². The lowest BCUT2D eigenvalue weighted by molar-refractivity contribution is -0.142. The molecule has 1 aliphatic carbocycles. The number of amides is 2. The van der Waals surface area contributed by atoms with Gasteiger partial charge in [0.05, 0.1) is 36.3 Å². The van der Waals surface area contributed by atoms with E-state index in [1.807, 2.05) is 30.0 Å². The Labute approximate surface area is 337 Å². The van der Waals surface area contributed by atoms with Crippen LogP contribution in [0.1, 0.15) is 80.3 Å². The molecule has 2 aromatic carbocycles. The van der Waals surface area contributed by atoms with Crippen LogP contribution in [0.4, 0.5) is 5.69 Å². The molecule has 1 saturated carbocycles. The molecule has 7 rings (SSSR count). The minimum atomic E-state index is -4.00. The lowest BCUT2D eigenvalue weighted by atomic mass is 9.62. The molecule has 4 heterocycles. The van der Waals surface area contributed by atoms with Crippen molar-refractivity contribution in [1.82, 2.24) is 19.4 Å². The number of carbonyl (C=O) groups excluding carboxylic acids is 2. The predicted molar refractivity (Wildman–Crippen MR) is 218 cm³/mol. The fourth-order valence-corrected chi connectivity index (χ4v) is 10.9. The maximum Gasteiger partial charge on any atom is 0.264 e. The van der Waals surface area contributed by atoms with Crippen LogP contribution in [0, 0.1) is 17.8 Å². The third-order valence-corrected chi connectivity index (χ3v) is 15.4. The number of β-amino-alcohol motifs (C(OH)–C–C–N with tert-alkyl or cyclic N) is 1. The molecule has 0 radical (unpaired) electrons. The number of anilines is 1. The second kappa shape index (κ2) is 17.9. The van der Waals surface area contributed by atoms with Crippen LogP contribution in [0.15, 0.2) is 36.4 Å². The summed E-state index contributed by atoms with van der Waals surface area (Å²) in [6.07, 6.45) is 6.23. The number of carbonyl (C=O) groups is 2. The Hall–Kier alpha value is -2.94. The summed E-state index contributed by atoms with van der Waals surface area (Å²) in [5.41, 5.74) is 2.16. The normalized spacial score (nSPS) is 29.9. The summed E-state index contributed by atoms with van der Waals surface area (Å²) in [5, 5.41) is 12.7. The summed E-state index contributed by atoms with van der Waals surface area (Å²) in [6.45, 7) is 12.0. The van der Waals surface area contributed by atoms with Crippen molar-refractivity contribution in [3.05, 3.63) is 58.1 Å². The molecule has 0 aromatic heterocycles. The van der Waals surface area contributed by atoms with E-state index in [0.717, 1.165) is 81.8 Å². The summed E-state index contributed by atoms with van der Waals surface area (Å²) in [6, 6.07) is 11.1. The van der Waals surface area contributed by atoms with Gasteiger partial charge in [0.1, 0.15) is 12.4 Å². The van der Waals surface area contributed by atoms with Gasteiger partial charge in [-0.1, -0.05) is 31.0 Å². The number of nitrogens with zero attached hydrogens (tertiary/aromatic N) is 4. The van der Waals surface area contributed by atoms with Gasteiger partial charge in [-0.15, -0.1) is 0 Å². The van der Waals surface area contributed by atoms with Gasteiger partial charge < -0.3 is 24.4 Å². The number of morpholine rings is 1. The number of aliphatic hydroxyl groups is 1. The first kappa shape index (κ1) is 41.2. The van der Waals surface area contributed by atoms with Crippen molar-refractivity contribution in [3.63, 3.8) is 0 Å². The molecule has 2 bridgehead atoms. The molecule has 5 atom stereocenters. The van der Waals surface area contributed by atoms with Crippen LogP contribution in [0.2, 0.25) is 5.02 Å². The number of aryl methyl sites for hydroxylation is 1. The van der Waals surface area contributed by atoms with E-state index in [1.165, 1.54) is 0 Å². The summed E-state index contributed by atoms with van der Waals surface area (Å²) >= 11 is 6.39. The van der Waals surface area contributed by atoms with Crippen LogP contribution in [0.5, 0.6) is 5.75 Å². The number of sulfonamides is 1. The van der Waals surface area contributed by atoms with Gasteiger partial charge in [-0.05, 0) is 111 Å². The second-order valence-corrected chi connectivity index (χ2v) is 19.4. The molecule has 2 aromatic rings. The molecule has 14 heteroatoms. The molecule has 308 valence electrons. The van der Waals surface area contributed by atoms with E-state index < -0.39 is 26.8 Å². The quantitative estimate of drug-likeness (QED) is 0.443. The summed E-state index contributed by atoms with van der Waals surface area (Å²) < 4.78 is 41.5. The molecular formula is C42H60ClN5O7S. The molecule has 2 N–H and O–H groups in total. The summed E-state index contributed by atoms with van der Waals surface area (Å²) in [7, 11) is -4.00. The maximum absolute atomic E-state index is 13.6. The van der Waals surface area contributed by atoms with E-state index >= 15 is 0 Å². The highest BCUT2D eigenvalue weighted by Crippen LogP contribution is 2.46. The number of nitrogens with one attached hydrogen (secondary N) is 1. The minimum absolute atomic E-state index is 0.00162. The standard InChI is InChI=1S/C42H60ClN5O7S/c1-30-6-5-14-42(51,29-46-17-19-47(40(49)27-46)18-16-45-20-22-54-23-21-45)37-12-9-34(37)26-48-15-4-3-7-32-24-36(43)11-8-35(32)28-55-39-13-10-33(25-38(39)48)41(50)44-56(52,53)31(30)2/h8,10-11,13,24-25,30-31,34,37,51H,3-7,9,12,14-23,26-29H2,1-2H3,(H,44,50)/t30?,31-,34+,37-,42+/m1/s1. The lowest BCUT2D eigenvalue weighted by Gasteiger charge is -2.51. The molecule has 1 unspecified atom stereocenters. The first-order valence-corrected chi connectivity index (χ1v) is 22.7. The highest BCUT2D eigenvalue weighted by molar-refractivity contribution is 7.90. The van der Waals surface area contributed by atoms with Crippen LogP contribution in [-0.4, -0.2) is 130 Å². The zero-order chi connectivity index (χ0) is 39.5. The van der Waals surface area contributed by atoms with Gasteiger partial charge in [0, 0.05) is 69.5 Å². The number of benzene rings is 2. The molecule has 4 aliphatic heterocycles. The Kier molecular flexibility index (Phi) is 13.2. The van der Waals surface area contributed by atoms with Crippen LogP contribution < -0.4 is 14.4 Å². The minimum Gasteiger partial charge on any atom is -0.487 e. The predicted octanol–water partition coefficient (Wildman–Crippen LogP) is 4.56. The number of fused-ring (bicyclic) bond motifs is 3. The van der Waals surface area contributed by atoms with Crippen molar-refractivity contribution in [2.75, 3.05) is 83.6 Å². The fourth-order valence-electron chi connectivity index (χ4n) is 9.39. The van der Waals surface area contributed by atoms with Gasteiger partial charge in [0.2, 0.25) is 15.9 Å². The van der Waals surface area contributed by atoms with Crippen molar-refractivity contribution >= 4 is 39.1 Å². The van der Waals surface area contributed by atoms with Gasteiger partial charge in [-0.3, -0.25) is 19.4 Å². The van der Waals surface area contributed by atoms with Crippen molar-refractivity contribution < 1.29 is 32.6 Å². The van der Waals surface area contributed by atoms with E-state index in [9.17, 15) is 23.1 Å². The van der Waals surface area contributed by atoms with Crippen LogP contribution >= 0.6 is 11.6 Å². The van der Waals surface area contributed by atoms with E-state index in [1.54, 1.807) is 25.1 Å². The average Bonchev–Trinajstić information content (AvgIpc) is 3.18. The molecular weight excluding hydrogens is 754 g/mol. The van der Waals surface area contributed by atoms with Gasteiger partial charge in [0.25, 0.3) is 5.91 Å². The SMILES string of the molecule is CC1CCC[C@](O)(CN2CCN(CCN3CCOCC3)C(=O)C2)[C@@H]2CC[C@H]2CN2CCCCc3cc(Cl)ccc3COc3ccc(cc32)C(=O)NS(=O)(=O)[C@@H]1C. The topological polar surface area (TPSA) is 132 Å². The Morgan fingerprint density at radius 3 is 2.50 bits per heavy atom. The number of piperazine rings is 1. The Bertz CT molecular complexity index is 1830. The van der Waals surface area contributed by atoms with Gasteiger partial charge >= 0.3 is 0 Å². The molecule has 2 amide bonds. The molecule has 3 fully saturated rings. The van der Waals surface area contributed by atoms with Crippen molar-refractivity contribution in [2.45, 2.75) is 82.7 Å². The largest absolute Gasteiger partial charge is 0.487 e. The first-order chi connectivity index (χ1) is 26.9. The Morgan fingerprint density at radius 2 is 1.73 bits per heavy atom. The van der Waals surface area contributed by atoms with Crippen LogP contribution in [-0.2, 0) is 32.6 Å². The van der Waals surface area contributed by atoms with E-state index in [2.05, 4.69) is 19.4 Å². The lowest BCUT2D eigenvalue weighted by Crippen LogP contribution is -2.60. The number of hydrogen-bond acceptors (Lipinski definition) is 10. The smallest absolute Gasteiger partial charge is 0.264 e. The van der Waals surface area contributed by atoms with Crippen LogP contribution in [0.25, 0.3) is 0 Å². The molecule has 5 aliphatic rings. The number of hydrogen-bond donors (Lipinski definition) is 2. The zero-order valence-electron chi connectivity index (χ0n) is 33.1. The monoisotopic (exact) mass is 813 g/mol. The highest BCUT2D eigenvalue weighted by Gasteiger charge is 2.48. The number of rotatable bonds is 5. The Morgan fingerprint density at radius 1 is 0.911 bits per heavy atom. The Balaban J connectivity index is 1.15. The molecule has 0 spiro atoms. The first-order valence-electron chi connectivity index (χ1n) is 20.8. The van der Waals surface area contributed by atoms with Gasteiger partial charge in [-0.2, -0.15) is 0 Å². The van der Waals surface area contributed by atoms with E-state index in [-0.39, 0.29) is 35.8 Å². The second-order valence-electron chi connectivity index (χ2n) is 16.9. The fraction of sp³-hybridized carbons (Fsp3) is 0.667. The van der Waals surface area contributed by atoms with Crippen molar-refractivity contribution in [1.29, 1.82) is 0 Å². The van der Waals surface area contributed by atoms with Gasteiger partial charge in [0.15, 0.2) is 0 Å². The average molecular weight is 814 g/mol. The van der Waals surface area contributed by atoms with Crippen molar-refractivity contribution in [2.24, 2.45) is 17.8 Å². The summed E-state index contributed by atoms with van der Waals surface area (Å²) in [4.78, 5) is 35.8. The third-order valence-electron chi connectivity index (χ3n) is 13.3. The zero-order valence-corrected chi connectivity index (χ0v) is 34.7. The van der Waals surface area contributed by atoms with Crippen molar-refractivity contribution in [3.8, 4) is 5.75 Å². The molecule has 12 nitrogen and oxygen atoms in total. The number of ether oxygens (including phenoxy) is 2. The third kappa shape index (κ3) is 9.67. The van der Waals surface area contributed by atoms with Crippen LogP contribution in [0.3, 0.4) is 0 Å². The number of halogens is 1. The molecule has 2 saturated heterocycles. The van der Waals surface area contributed by atoms with Gasteiger partial charge in [-0.25, -0.2) is 13.1 Å². The molecule has 56 heavy (non-hydrogen) atoms.